The second kappa shape index (κ2) is 7.00. The molecule has 1 aliphatic rings. The van der Waals surface area contributed by atoms with Crippen molar-refractivity contribution in [2.75, 3.05) is 19.0 Å². The minimum Gasteiger partial charge on any atom is -0.491 e. The Morgan fingerprint density at radius 3 is 2.76 bits per heavy atom. The number of nitrogens with one attached hydrogen (secondary N) is 1. The molecule has 1 N–H and O–H groups in total. The number of anilines is 1. The van der Waals surface area contributed by atoms with Gasteiger partial charge in [0.15, 0.2) is 0 Å². The Kier molecular flexibility index (Phi) is 4.95. The number of ether oxygens (including phenoxy) is 2. The summed E-state index contributed by atoms with van der Waals surface area (Å²) in [6.45, 7) is 6.70. The summed E-state index contributed by atoms with van der Waals surface area (Å²) in [6.07, 6.45) is 3.80. The number of aromatic nitrogens is 1. The molecule has 0 unspecified atom stereocenters. The van der Waals surface area contributed by atoms with Crippen LogP contribution in [0.1, 0.15) is 33.6 Å². The maximum absolute atomic E-state index is 12.8. The third-order valence-corrected chi connectivity index (χ3v) is 4.78. The van der Waals surface area contributed by atoms with Crippen molar-refractivity contribution in [1.29, 1.82) is 0 Å². The standard InChI is InChI=1S/C20H26N2O3/c1-13(2)12-25-17-10-9-16(15-6-5-11-21-18(15)17)22-19(23)20(3,24-4)14-7-8-14/h5-6,9-11,13-14H,7-8,12H2,1-4H3,(H,22,23)/t20-/m1/s1. The molecule has 0 saturated heterocycles. The highest BCUT2D eigenvalue weighted by molar-refractivity contribution is 6.05. The van der Waals surface area contributed by atoms with E-state index in [0.717, 1.165) is 35.2 Å². The lowest BCUT2D eigenvalue weighted by atomic mass is 9.98. The van der Waals surface area contributed by atoms with E-state index in [1.54, 1.807) is 13.3 Å². The smallest absolute Gasteiger partial charge is 0.256 e. The van der Waals surface area contributed by atoms with Crippen LogP contribution in [-0.2, 0) is 9.53 Å². The average Bonchev–Trinajstić information content (AvgIpc) is 3.45. The van der Waals surface area contributed by atoms with Gasteiger partial charge in [0.2, 0.25) is 0 Å². The van der Waals surface area contributed by atoms with E-state index in [4.69, 9.17) is 9.47 Å². The number of rotatable bonds is 7. The average molecular weight is 342 g/mol. The molecule has 0 radical (unpaired) electrons. The van der Waals surface area contributed by atoms with Crippen LogP contribution in [0, 0.1) is 11.8 Å². The fourth-order valence-corrected chi connectivity index (χ4v) is 2.95. The van der Waals surface area contributed by atoms with Gasteiger partial charge >= 0.3 is 0 Å². The van der Waals surface area contributed by atoms with Gasteiger partial charge in [-0.3, -0.25) is 9.78 Å². The molecule has 1 aliphatic carbocycles. The summed E-state index contributed by atoms with van der Waals surface area (Å²) >= 11 is 0. The van der Waals surface area contributed by atoms with E-state index < -0.39 is 5.60 Å². The molecule has 5 nitrogen and oxygen atoms in total. The summed E-state index contributed by atoms with van der Waals surface area (Å²) in [6, 6.07) is 7.55. The number of fused-ring (bicyclic) bond motifs is 1. The topological polar surface area (TPSA) is 60.5 Å². The Morgan fingerprint density at radius 2 is 2.12 bits per heavy atom. The zero-order chi connectivity index (χ0) is 18.0. The number of carbonyl (C=O) groups excluding carboxylic acids is 1. The van der Waals surface area contributed by atoms with Crippen LogP contribution >= 0.6 is 0 Å². The Labute approximate surface area is 148 Å². The van der Waals surface area contributed by atoms with E-state index in [0.29, 0.717) is 12.5 Å². The van der Waals surface area contributed by atoms with Crippen molar-refractivity contribution in [3.63, 3.8) is 0 Å². The Bertz CT molecular complexity index is 771. The fraction of sp³-hybridized carbons (Fsp3) is 0.500. The van der Waals surface area contributed by atoms with E-state index in [1.165, 1.54) is 0 Å². The number of carbonyl (C=O) groups is 1. The van der Waals surface area contributed by atoms with Crippen LogP contribution in [0.25, 0.3) is 10.9 Å². The van der Waals surface area contributed by atoms with Crippen LogP contribution < -0.4 is 10.1 Å². The second-order valence-electron chi connectivity index (χ2n) is 7.26. The predicted molar refractivity (Wildman–Crippen MR) is 98.8 cm³/mol. The highest BCUT2D eigenvalue weighted by Gasteiger charge is 2.47. The lowest BCUT2D eigenvalue weighted by Crippen LogP contribution is -2.44. The zero-order valence-corrected chi connectivity index (χ0v) is 15.3. The summed E-state index contributed by atoms with van der Waals surface area (Å²) in [5, 5.41) is 3.90. The van der Waals surface area contributed by atoms with Crippen LogP contribution in [0.4, 0.5) is 5.69 Å². The lowest BCUT2D eigenvalue weighted by molar-refractivity contribution is -0.138. The number of benzene rings is 1. The van der Waals surface area contributed by atoms with E-state index in [2.05, 4.69) is 24.1 Å². The third-order valence-electron chi connectivity index (χ3n) is 4.78. The van der Waals surface area contributed by atoms with Crippen molar-refractivity contribution in [3.05, 3.63) is 30.5 Å². The maximum atomic E-state index is 12.8. The molecule has 0 bridgehead atoms. The molecular formula is C20H26N2O3. The second-order valence-corrected chi connectivity index (χ2v) is 7.26. The highest BCUT2D eigenvalue weighted by Crippen LogP contribution is 2.42. The summed E-state index contributed by atoms with van der Waals surface area (Å²) in [5.41, 5.74) is 0.696. The summed E-state index contributed by atoms with van der Waals surface area (Å²) in [7, 11) is 1.60. The normalized spacial score (nSPS) is 16.7. The lowest BCUT2D eigenvalue weighted by Gasteiger charge is -2.27. The largest absolute Gasteiger partial charge is 0.491 e. The quantitative estimate of drug-likeness (QED) is 0.825. The molecule has 5 heteroatoms. The van der Waals surface area contributed by atoms with Crippen molar-refractivity contribution < 1.29 is 14.3 Å². The van der Waals surface area contributed by atoms with Crippen molar-refractivity contribution >= 4 is 22.5 Å². The molecule has 1 aromatic heterocycles. The predicted octanol–water partition coefficient (Wildman–Crippen LogP) is 4.02. The molecule has 1 amide bonds. The number of methoxy groups -OCH3 is 1. The molecule has 3 rings (SSSR count). The number of hydrogen-bond donors (Lipinski definition) is 1. The number of pyridine rings is 1. The maximum Gasteiger partial charge on any atom is 0.256 e. The van der Waals surface area contributed by atoms with Crippen LogP contribution in [0.15, 0.2) is 30.5 Å². The molecule has 1 heterocycles. The van der Waals surface area contributed by atoms with E-state index in [-0.39, 0.29) is 11.8 Å². The number of amides is 1. The van der Waals surface area contributed by atoms with Gasteiger partial charge in [-0.15, -0.1) is 0 Å². The van der Waals surface area contributed by atoms with Crippen LogP contribution in [0.2, 0.25) is 0 Å². The van der Waals surface area contributed by atoms with Gasteiger partial charge in [-0.1, -0.05) is 13.8 Å². The van der Waals surface area contributed by atoms with Crippen LogP contribution in [-0.4, -0.2) is 30.2 Å². The summed E-state index contributed by atoms with van der Waals surface area (Å²) in [4.78, 5) is 17.3. The highest BCUT2D eigenvalue weighted by atomic mass is 16.5. The minimum absolute atomic E-state index is 0.112. The molecule has 134 valence electrons. The molecular weight excluding hydrogens is 316 g/mol. The third kappa shape index (κ3) is 3.61. The molecule has 1 fully saturated rings. The summed E-state index contributed by atoms with van der Waals surface area (Å²) in [5.74, 6) is 1.34. The summed E-state index contributed by atoms with van der Waals surface area (Å²) < 4.78 is 11.4. The van der Waals surface area contributed by atoms with E-state index in [9.17, 15) is 4.79 Å². The Morgan fingerprint density at radius 1 is 1.36 bits per heavy atom. The van der Waals surface area contributed by atoms with Gasteiger partial charge in [-0.2, -0.15) is 0 Å². The first-order valence-corrected chi connectivity index (χ1v) is 8.83. The molecule has 1 saturated carbocycles. The first kappa shape index (κ1) is 17.7. The molecule has 1 atom stereocenters. The van der Waals surface area contributed by atoms with E-state index >= 15 is 0 Å². The van der Waals surface area contributed by atoms with Crippen molar-refractivity contribution in [3.8, 4) is 5.75 Å². The molecule has 0 aliphatic heterocycles. The van der Waals surface area contributed by atoms with Gasteiger partial charge in [0.1, 0.15) is 16.9 Å². The van der Waals surface area contributed by atoms with Crippen LogP contribution in [0.5, 0.6) is 5.75 Å². The first-order chi connectivity index (χ1) is 12.0. The monoisotopic (exact) mass is 342 g/mol. The minimum atomic E-state index is -0.790. The van der Waals surface area contributed by atoms with Gasteiger partial charge in [-0.25, -0.2) is 0 Å². The number of hydrogen-bond acceptors (Lipinski definition) is 4. The van der Waals surface area contributed by atoms with Gasteiger partial charge in [-0.05, 0) is 55.9 Å². The van der Waals surface area contributed by atoms with Crippen LogP contribution in [0.3, 0.4) is 0 Å². The van der Waals surface area contributed by atoms with Gasteiger partial charge in [0.25, 0.3) is 5.91 Å². The van der Waals surface area contributed by atoms with Gasteiger partial charge in [0, 0.05) is 18.7 Å². The molecule has 25 heavy (non-hydrogen) atoms. The van der Waals surface area contributed by atoms with Crippen molar-refractivity contribution in [2.24, 2.45) is 11.8 Å². The Balaban J connectivity index is 1.89. The number of nitrogens with zero attached hydrogens (tertiary/aromatic N) is 1. The van der Waals surface area contributed by atoms with Crippen molar-refractivity contribution in [2.45, 2.75) is 39.2 Å². The Hall–Kier alpha value is -2.14. The van der Waals surface area contributed by atoms with Crippen molar-refractivity contribution in [1.82, 2.24) is 4.98 Å². The van der Waals surface area contributed by atoms with E-state index in [1.807, 2.05) is 31.2 Å². The van der Waals surface area contributed by atoms with Gasteiger partial charge < -0.3 is 14.8 Å². The zero-order valence-electron chi connectivity index (χ0n) is 15.3. The molecule has 0 spiro atoms. The SMILES string of the molecule is CO[C@@](C)(C(=O)Nc1ccc(OCC(C)C)c2ncccc12)C1CC1. The molecule has 1 aromatic carbocycles. The first-order valence-electron chi connectivity index (χ1n) is 8.83. The van der Waals surface area contributed by atoms with Gasteiger partial charge in [0.05, 0.1) is 12.3 Å². The molecule has 2 aromatic rings. The fourth-order valence-electron chi connectivity index (χ4n) is 2.95.